The lowest BCUT2D eigenvalue weighted by molar-refractivity contribution is -0.129. The lowest BCUT2D eigenvalue weighted by Gasteiger charge is -2.24. The highest BCUT2D eigenvalue weighted by molar-refractivity contribution is 7.80. The Kier molecular flexibility index (Phi) is 8.62. The zero-order chi connectivity index (χ0) is 26.0. The largest absolute Gasteiger partial charge is 0.376 e. The van der Waals surface area contributed by atoms with Gasteiger partial charge in [-0.15, -0.1) is 0 Å². The predicted octanol–water partition coefficient (Wildman–Crippen LogP) is 4.65. The SMILES string of the molecule is NC(=S)Nc1cccc(C(NC(=O)C(c2ccccc2)c2ccccc2)C(=O)NCc2ccccc2)c1. The van der Waals surface area contributed by atoms with Gasteiger partial charge < -0.3 is 21.7 Å². The molecule has 0 spiro atoms. The fourth-order valence-electron chi connectivity index (χ4n) is 4.14. The van der Waals surface area contributed by atoms with Crippen LogP contribution in [0.5, 0.6) is 0 Å². The van der Waals surface area contributed by atoms with Gasteiger partial charge in [-0.25, -0.2) is 0 Å². The molecule has 1 atom stereocenters. The average Bonchev–Trinajstić information content (AvgIpc) is 2.92. The molecule has 0 aliphatic heterocycles. The first kappa shape index (κ1) is 25.6. The minimum absolute atomic E-state index is 0.111. The van der Waals surface area contributed by atoms with Crippen LogP contribution >= 0.6 is 12.2 Å². The molecule has 0 aromatic heterocycles. The van der Waals surface area contributed by atoms with Crippen LogP contribution in [-0.2, 0) is 16.1 Å². The summed E-state index contributed by atoms with van der Waals surface area (Å²) in [5, 5.41) is 8.96. The van der Waals surface area contributed by atoms with Crippen molar-refractivity contribution in [2.75, 3.05) is 5.32 Å². The van der Waals surface area contributed by atoms with Crippen molar-refractivity contribution in [3.05, 3.63) is 138 Å². The number of hydrogen-bond donors (Lipinski definition) is 4. The number of hydrogen-bond acceptors (Lipinski definition) is 3. The predicted molar refractivity (Wildman–Crippen MR) is 151 cm³/mol. The molecule has 1 unspecified atom stereocenters. The number of nitrogens with one attached hydrogen (secondary N) is 3. The zero-order valence-electron chi connectivity index (χ0n) is 20.1. The molecule has 0 fully saturated rings. The maximum Gasteiger partial charge on any atom is 0.247 e. The van der Waals surface area contributed by atoms with E-state index >= 15 is 0 Å². The number of nitrogens with two attached hydrogens (primary N) is 1. The second-order valence-corrected chi connectivity index (χ2v) is 8.95. The lowest BCUT2D eigenvalue weighted by atomic mass is 9.90. The number of thiocarbonyl (C=S) groups is 1. The fraction of sp³-hybridized carbons (Fsp3) is 0.100. The van der Waals surface area contributed by atoms with E-state index in [1.54, 1.807) is 24.3 Å². The van der Waals surface area contributed by atoms with Crippen LogP contribution in [0.2, 0.25) is 0 Å². The van der Waals surface area contributed by atoms with Crippen LogP contribution in [0.1, 0.15) is 34.2 Å². The van der Waals surface area contributed by atoms with Crippen LogP contribution < -0.4 is 21.7 Å². The monoisotopic (exact) mass is 508 g/mol. The van der Waals surface area contributed by atoms with E-state index in [0.717, 1.165) is 16.7 Å². The molecular weight excluding hydrogens is 480 g/mol. The molecule has 0 saturated carbocycles. The highest BCUT2D eigenvalue weighted by atomic mass is 32.1. The molecule has 6 nitrogen and oxygen atoms in total. The number of carbonyl (C=O) groups excluding carboxylic acids is 2. The van der Waals surface area contributed by atoms with Crippen molar-refractivity contribution < 1.29 is 9.59 Å². The molecule has 0 aliphatic rings. The molecule has 0 aliphatic carbocycles. The number of carbonyl (C=O) groups is 2. The van der Waals surface area contributed by atoms with Crippen molar-refractivity contribution in [3.8, 4) is 0 Å². The Morgan fingerprint density at radius 2 is 1.24 bits per heavy atom. The van der Waals surface area contributed by atoms with Crippen LogP contribution in [0, 0.1) is 0 Å². The molecule has 37 heavy (non-hydrogen) atoms. The van der Waals surface area contributed by atoms with Crippen molar-refractivity contribution in [2.45, 2.75) is 18.5 Å². The van der Waals surface area contributed by atoms with Gasteiger partial charge in [0.15, 0.2) is 5.11 Å². The van der Waals surface area contributed by atoms with E-state index in [1.165, 1.54) is 0 Å². The Morgan fingerprint density at radius 3 is 1.81 bits per heavy atom. The van der Waals surface area contributed by atoms with E-state index in [4.69, 9.17) is 18.0 Å². The maximum absolute atomic E-state index is 13.8. The van der Waals surface area contributed by atoms with Crippen molar-refractivity contribution in [2.24, 2.45) is 5.73 Å². The topological polar surface area (TPSA) is 96.2 Å². The van der Waals surface area contributed by atoms with Gasteiger partial charge in [-0.3, -0.25) is 9.59 Å². The molecule has 0 saturated heterocycles. The first-order chi connectivity index (χ1) is 18.0. The third-order valence-corrected chi connectivity index (χ3v) is 5.98. The zero-order valence-corrected chi connectivity index (χ0v) is 21.0. The quantitative estimate of drug-likeness (QED) is 0.247. The van der Waals surface area contributed by atoms with Gasteiger partial charge in [0.25, 0.3) is 0 Å². The summed E-state index contributed by atoms with van der Waals surface area (Å²) in [7, 11) is 0. The minimum atomic E-state index is -0.945. The Hall–Kier alpha value is -4.49. The summed E-state index contributed by atoms with van der Waals surface area (Å²) in [5.41, 5.74) is 9.49. The van der Waals surface area contributed by atoms with Crippen molar-refractivity contribution in [1.29, 1.82) is 0 Å². The highest BCUT2D eigenvalue weighted by Crippen LogP contribution is 2.27. The maximum atomic E-state index is 13.8. The van der Waals surface area contributed by atoms with Gasteiger partial charge in [-0.05, 0) is 46.6 Å². The number of amides is 2. The summed E-state index contributed by atoms with van der Waals surface area (Å²) >= 11 is 4.96. The standard InChI is InChI=1S/C30H28N4O2S/c31-30(37)33-25-18-10-17-24(19-25)27(29(36)32-20-21-11-4-1-5-12-21)34-28(35)26(22-13-6-2-7-14-22)23-15-8-3-9-16-23/h1-19,26-27H,20H2,(H,32,36)(H,34,35)(H3,31,33,37). The van der Waals surface area contributed by atoms with E-state index in [0.29, 0.717) is 17.8 Å². The highest BCUT2D eigenvalue weighted by Gasteiger charge is 2.29. The second-order valence-electron chi connectivity index (χ2n) is 8.51. The Labute approximate surface area is 221 Å². The lowest BCUT2D eigenvalue weighted by Crippen LogP contribution is -2.42. The van der Waals surface area contributed by atoms with Crippen LogP contribution in [0.3, 0.4) is 0 Å². The molecular formula is C30H28N4O2S. The molecule has 0 heterocycles. The molecule has 0 bridgehead atoms. The summed E-state index contributed by atoms with van der Waals surface area (Å²) < 4.78 is 0. The molecule has 5 N–H and O–H groups in total. The van der Waals surface area contributed by atoms with Crippen molar-refractivity contribution in [3.63, 3.8) is 0 Å². The summed E-state index contributed by atoms with van der Waals surface area (Å²) in [5.74, 6) is -1.21. The Morgan fingerprint density at radius 1 is 0.703 bits per heavy atom. The first-order valence-electron chi connectivity index (χ1n) is 11.9. The Bertz CT molecular complexity index is 1310. The molecule has 2 amide bonds. The summed E-state index contributed by atoms with van der Waals surface area (Å²) in [6, 6.07) is 34.8. The van der Waals surface area contributed by atoms with E-state index in [1.807, 2.05) is 91.0 Å². The van der Waals surface area contributed by atoms with Crippen molar-refractivity contribution >= 4 is 34.8 Å². The summed E-state index contributed by atoms with van der Waals surface area (Å²) in [6.07, 6.45) is 0. The first-order valence-corrected chi connectivity index (χ1v) is 12.3. The molecule has 4 aromatic rings. The number of benzene rings is 4. The molecule has 0 radical (unpaired) electrons. The van der Waals surface area contributed by atoms with E-state index in [2.05, 4.69) is 16.0 Å². The normalized spacial score (nSPS) is 11.4. The van der Waals surface area contributed by atoms with Crippen LogP contribution in [0.4, 0.5) is 5.69 Å². The smallest absolute Gasteiger partial charge is 0.247 e. The fourth-order valence-corrected chi connectivity index (χ4v) is 4.26. The summed E-state index contributed by atoms with van der Waals surface area (Å²) in [6.45, 7) is 0.331. The minimum Gasteiger partial charge on any atom is -0.376 e. The van der Waals surface area contributed by atoms with Gasteiger partial charge in [0.05, 0.1) is 5.92 Å². The van der Waals surface area contributed by atoms with Crippen molar-refractivity contribution in [1.82, 2.24) is 10.6 Å². The third kappa shape index (κ3) is 7.02. The van der Waals surface area contributed by atoms with Gasteiger partial charge >= 0.3 is 0 Å². The second kappa shape index (κ2) is 12.5. The number of anilines is 1. The van der Waals surface area contributed by atoms with E-state index < -0.39 is 12.0 Å². The molecule has 7 heteroatoms. The van der Waals surface area contributed by atoms with E-state index in [9.17, 15) is 9.59 Å². The number of rotatable bonds is 9. The van der Waals surface area contributed by atoms with Gasteiger partial charge in [0, 0.05) is 12.2 Å². The Balaban J connectivity index is 1.65. The third-order valence-electron chi connectivity index (χ3n) is 5.87. The van der Waals surface area contributed by atoms with Crippen LogP contribution in [0.25, 0.3) is 0 Å². The molecule has 186 valence electrons. The average molecular weight is 509 g/mol. The van der Waals surface area contributed by atoms with Gasteiger partial charge in [-0.2, -0.15) is 0 Å². The summed E-state index contributed by atoms with van der Waals surface area (Å²) in [4.78, 5) is 27.3. The molecule has 4 aromatic carbocycles. The van der Waals surface area contributed by atoms with Crippen LogP contribution in [0.15, 0.2) is 115 Å². The van der Waals surface area contributed by atoms with Gasteiger partial charge in [0.2, 0.25) is 11.8 Å². The van der Waals surface area contributed by atoms with Gasteiger partial charge in [0.1, 0.15) is 6.04 Å². The van der Waals surface area contributed by atoms with Gasteiger partial charge in [-0.1, -0.05) is 103 Å². The molecule has 4 rings (SSSR count). The van der Waals surface area contributed by atoms with Crippen LogP contribution in [-0.4, -0.2) is 16.9 Å². The van der Waals surface area contributed by atoms with E-state index in [-0.39, 0.29) is 16.9 Å².